The van der Waals surface area contributed by atoms with Gasteiger partial charge in [0, 0.05) is 5.56 Å². The van der Waals surface area contributed by atoms with Gasteiger partial charge in [0.25, 0.3) is 0 Å². The molecule has 0 aliphatic rings. The Kier molecular flexibility index (Phi) is 4.94. The van der Waals surface area contributed by atoms with E-state index in [4.69, 9.17) is 10.6 Å². The van der Waals surface area contributed by atoms with E-state index < -0.39 is 0 Å². The van der Waals surface area contributed by atoms with Crippen LogP contribution in [-0.2, 0) is 6.42 Å². The summed E-state index contributed by atoms with van der Waals surface area (Å²) in [6.45, 7) is 4.15. The smallest absolute Gasteiger partial charge is 0.123 e. The zero-order valence-electron chi connectivity index (χ0n) is 12.6. The lowest BCUT2D eigenvalue weighted by molar-refractivity contribution is 0.397. The van der Waals surface area contributed by atoms with Gasteiger partial charge in [0.05, 0.1) is 13.2 Å². The number of hydrogen-bond donors (Lipinski definition) is 2. The second kappa shape index (κ2) is 6.70. The minimum absolute atomic E-state index is 0.210. The molecule has 0 heterocycles. The van der Waals surface area contributed by atoms with Crippen molar-refractivity contribution in [3.8, 4) is 5.75 Å². The van der Waals surface area contributed by atoms with E-state index in [1.54, 1.807) is 13.2 Å². The minimum Gasteiger partial charge on any atom is -0.496 e. The van der Waals surface area contributed by atoms with Crippen molar-refractivity contribution in [2.45, 2.75) is 26.3 Å². The van der Waals surface area contributed by atoms with E-state index >= 15 is 0 Å². The molecule has 2 rings (SSSR count). The molecule has 112 valence electrons. The molecule has 0 bridgehead atoms. The molecule has 2 aromatic carbocycles. The summed E-state index contributed by atoms with van der Waals surface area (Å²) in [5, 5.41) is 0. The fourth-order valence-electron chi connectivity index (χ4n) is 2.40. The van der Waals surface area contributed by atoms with Crippen molar-refractivity contribution in [1.82, 2.24) is 5.43 Å². The van der Waals surface area contributed by atoms with E-state index in [2.05, 4.69) is 37.5 Å². The van der Waals surface area contributed by atoms with E-state index in [1.165, 1.54) is 23.3 Å². The number of halogens is 1. The summed E-state index contributed by atoms with van der Waals surface area (Å²) in [7, 11) is 1.57. The monoisotopic (exact) mass is 288 g/mol. The van der Waals surface area contributed by atoms with Crippen LogP contribution >= 0.6 is 0 Å². The van der Waals surface area contributed by atoms with Crippen LogP contribution in [-0.4, -0.2) is 7.11 Å². The van der Waals surface area contributed by atoms with Gasteiger partial charge in [-0.3, -0.25) is 11.3 Å². The third-order valence-electron chi connectivity index (χ3n) is 3.78. The maximum atomic E-state index is 13.5. The molecule has 2 aromatic rings. The van der Waals surface area contributed by atoms with Crippen LogP contribution < -0.4 is 16.0 Å². The molecule has 3 N–H and O–H groups in total. The van der Waals surface area contributed by atoms with E-state index in [0.29, 0.717) is 12.2 Å². The Bertz CT molecular complexity index is 628. The standard InChI is InChI=1S/C17H21FN2O/c1-11-4-5-13(8-12(11)2)9-16(20-19)15-10-14(18)6-7-17(15)21-3/h4-8,10,16,20H,9,19H2,1-3H3. The van der Waals surface area contributed by atoms with Crippen LogP contribution in [0, 0.1) is 19.7 Å². The van der Waals surface area contributed by atoms with E-state index in [0.717, 1.165) is 11.1 Å². The first kappa shape index (κ1) is 15.5. The Morgan fingerprint density at radius 3 is 2.52 bits per heavy atom. The highest BCUT2D eigenvalue weighted by atomic mass is 19.1. The SMILES string of the molecule is COc1ccc(F)cc1C(Cc1ccc(C)c(C)c1)NN. The van der Waals surface area contributed by atoms with Gasteiger partial charge in [0.2, 0.25) is 0 Å². The molecule has 0 radical (unpaired) electrons. The number of hydrogen-bond acceptors (Lipinski definition) is 3. The second-order valence-corrected chi connectivity index (χ2v) is 5.23. The van der Waals surface area contributed by atoms with Crippen LogP contribution in [0.5, 0.6) is 5.75 Å². The third-order valence-corrected chi connectivity index (χ3v) is 3.78. The molecule has 0 spiro atoms. The summed E-state index contributed by atoms with van der Waals surface area (Å²) in [6.07, 6.45) is 0.664. The number of rotatable bonds is 5. The Labute approximate surface area is 124 Å². The summed E-state index contributed by atoms with van der Waals surface area (Å²) in [6, 6.07) is 10.5. The molecule has 1 atom stereocenters. The van der Waals surface area contributed by atoms with Crippen LogP contribution in [0.1, 0.15) is 28.3 Å². The van der Waals surface area contributed by atoms with Gasteiger partial charge in [-0.25, -0.2) is 4.39 Å². The quantitative estimate of drug-likeness (QED) is 0.656. The number of ether oxygens (including phenoxy) is 1. The van der Waals surface area contributed by atoms with Gasteiger partial charge in [-0.1, -0.05) is 18.2 Å². The number of hydrazine groups is 1. The molecule has 3 nitrogen and oxygen atoms in total. The predicted octanol–water partition coefficient (Wildman–Crippen LogP) is 3.20. The average molecular weight is 288 g/mol. The molecule has 0 saturated carbocycles. The van der Waals surface area contributed by atoms with Crippen LogP contribution in [0.2, 0.25) is 0 Å². The lowest BCUT2D eigenvalue weighted by Crippen LogP contribution is -2.30. The molecule has 0 aromatic heterocycles. The number of benzene rings is 2. The highest BCUT2D eigenvalue weighted by molar-refractivity contribution is 5.38. The summed E-state index contributed by atoms with van der Waals surface area (Å²) in [5.41, 5.74) is 7.10. The van der Waals surface area contributed by atoms with Gasteiger partial charge in [-0.2, -0.15) is 0 Å². The van der Waals surface area contributed by atoms with Crippen LogP contribution in [0.15, 0.2) is 36.4 Å². The molecule has 21 heavy (non-hydrogen) atoms. The van der Waals surface area contributed by atoms with Crippen molar-refractivity contribution in [2.24, 2.45) is 5.84 Å². The van der Waals surface area contributed by atoms with Gasteiger partial charge in [0.1, 0.15) is 11.6 Å². The number of nitrogens with one attached hydrogen (secondary N) is 1. The number of aryl methyl sites for hydroxylation is 2. The Morgan fingerprint density at radius 1 is 1.14 bits per heavy atom. The van der Waals surface area contributed by atoms with Crippen LogP contribution in [0.3, 0.4) is 0 Å². The van der Waals surface area contributed by atoms with Gasteiger partial charge < -0.3 is 4.74 Å². The number of nitrogens with two attached hydrogens (primary N) is 1. The van der Waals surface area contributed by atoms with Gasteiger partial charge in [-0.15, -0.1) is 0 Å². The Hall–Kier alpha value is -1.91. The van der Waals surface area contributed by atoms with E-state index in [-0.39, 0.29) is 11.9 Å². The molecule has 0 saturated heterocycles. The molecule has 4 heteroatoms. The molecular weight excluding hydrogens is 267 g/mol. The van der Waals surface area contributed by atoms with Crippen molar-refractivity contribution in [3.05, 3.63) is 64.5 Å². The summed E-state index contributed by atoms with van der Waals surface area (Å²) < 4.78 is 18.8. The van der Waals surface area contributed by atoms with Crippen molar-refractivity contribution < 1.29 is 9.13 Å². The minimum atomic E-state index is -0.300. The lowest BCUT2D eigenvalue weighted by atomic mass is 9.96. The van der Waals surface area contributed by atoms with E-state index in [1.807, 2.05) is 0 Å². The van der Waals surface area contributed by atoms with Crippen molar-refractivity contribution in [2.75, 3.05) is 7.11 Å². The lowest BCUT2D eigenvalue weighted by Gasteiger charge is -2.19. The summed E-state index contributed by atoms with van der Waals surface area (Å²) >= 11 is 0. The van der Waals surface area contributed by atoms with Gasteiger partial charge >= 0.3 is 0 Å². The topological polar surface area (TPSA) is 47.3 Å². The maximum absolute atomic E-state index is 13.5. The molecule has 0 amide bonds. The van der Waals surface area contributed by atoms with Crippen molar-refractivity contribution in [3.63, 3.8) is 0 Å². The molecular formula is C17H21FN2O. The molecule has 0 aliphatic carbocycles. The normalized spacial score (nSPS) is 12.2. The maximum Gasteiger partial charge on any atom is 0.123 e. The first-order valence-corrected chi connectivity index (χ1v) is 6.91. The first-order valence-electron chi connectivity index (χ1n) is 6.91. The first-order chi connectivity index (χ1) is 10.0. The third kappa shape index (κ3) is 3.60. The Morgan fingerprint density at radius 2 is 1.90 bits per heavy atom. The Balaban J connectivity index is 2.31. The highest BCUT2D eigenvalue weighted by Gasteiger charge is 2.16. The van der Waals surface area contributed by atoms with Gasteiger partial charge in [-0.05, 0) is 55.2 Å². The van der Waals surface area contributed by atoms with E-state index in [9.17, 15) is 4.39 Å². The highest BCUT2D eigenvalue weighted by Crippen LogP contribution is 2.28. The predicted molar refractivity (Wildman–Crippen MR) is 82.6 cm³/mol. The van der Waals surface area contributed by atoms with Crippen LogP contribution in [0.25, 0.3) is 0 Å². The molecule has 1 unspecified atom stereocenters. The van der Waals surface area contributed by atoms with Gasteiger partial charge in [0.15, 0.2) is 0 Å². The fraction of sp³-hybridized carbons (Fsp3) is 0.294. The fourth-order valence-corrected chi connectivity index (χ4v) is 2.40. The largest absolute Gasteiger partial charge is 0.496 e. The zero-order valence-corrected chi connectivity index (χ0v) is 12.6. The zero-order chi connectivity index (χ0) is 15.4. The second-order valence-electron chi connectivity index (χ2n) is 5.23. The summed E-state index contributed by atoms with van der Waals surface area (Å²) in [5.74, 6) is 5.99. The number of methoxy groups -OCH3 is 1. The molecule has 0 fully saturated rings. The van der Waals surface area contributed by atoms with Crippen molar-refractivity contribution >= 4 is 0 Å². The molecule has 0 aliphatic heterocycles. The summed E-state index contributed by atoms with van der Waals surface area (Å²) in [4.78, 5) is 0. The van der Waals surface area contributed by atoms with Crippen molar-refractivity contribution in [1.29, 1.82) is 0 Å². The van der Waals surface area contributed by atoms with Crippen LogP contribution in [0.4, 0.5) is 4.39 Å². The average Bonchev–Trinajstić information content (AvgIpc) is 2.48.